The molecule has 0 fully saturated rings. The fourth-order valence-electron chi connectivity index (χ4n) is 1.27. The lowest BCUT2D eigenvalue weighted by Crippen LogP contribution is -2.10. The van der Waals surface area contributed by atoms with E-state index in [-0.39, 0.29) is 5.41 Å². The van der Waals surface area contributed by atoms with Crippen LogP contribution in [0.1, 0.15) is 82.1 Å². The third kappa shape index (κ3) is 15.1. The van der Waals surface area contributed by atoms with Gasteiger partial charge in [0.05, 0.1) is 5.76 Å². The Bertz CT molecular complexity index is 251. The molecule has 1 heteroatoms. The largest absolute Gasteiger partial charge is 0.512 e. The third-order valence-electron chi connectivity index (χ3n) is 2.40. The number of rotatable bonds is 3. The van der Waals surface area contributed by atoms with Gasteiger partial charge in [0.25, 0.3) is 0 Å². The van der Waals surface area contributed by atoms with Crippen LogP contribution in [0, 0.1) is 5.41 Å². The van der Waals surface area contributed by atoms with E-state index in [2.05, 4.69) is 53.9 Å². The van der Waals surface area contributed by atoms with E-state index in [0.717, 1.165) is 12.0 Å². The van der Waals surface area contributed by atoms with Crippen molar-refractivity contribution < 1.29 is 5.11 Å². The van der Waals surface area contributed by atoms with Gasteiger partial charge in [-0.2, -0.15) is 0 Å². The van der Waals surface area contributed by atoms with Crippen molar-refractivity contribution >= 4 is 0 Å². The molecule has 0 aliphatic heterocycles. The minimum Gasteiger partial charge on any atom is -0.512 e. The van der Waals surface area contributed by atoms with Gasteiger partial charge in [0.15, 0.2) is 0 Å². The quantitative estimate of drug-likeness (QED) is 0.324. The Kier molecular flexibility index (Phi) is 24.7. The molecule has 0 saturated carbocycles. The molecule has 0 amide bonds. The van der Waals surface area contributed by atoms with E-state index in [9.17, 15) is 5.11 Å². The highest BCUT2D eigenvalue weighted by Crippen LogP contribution is 2.30. The highest BCUT2D eigenvalue weighted by atomic mass is 16.3. The van der Waals surface area contributed by atoms with Crippen LogP contribution in [0.5, 0.6) is 0 Å². The van der Waals surface area contributed by atoms with Gasteiger partial charge in [-0.3, -0.25) is 0 Å². The Labute approximate surface area is 129 Å². The first kappa shape index (κ1) is 27.4. The second-order valence-electron chi connectivity index (χ2n) is 4.81. The minimum atomic E-state index is 0.0243. The normalized spacial score (nSPS) is 11.6. The van der Waals surface area contributed by atoms with Gasteiger partial charge in [-0.1, -0.05) is 74.0 Å². The Hall–Kier alpha value is -0.980. The van der Waals surface area contributed by atoms with Crippen molar-refractivity contribution in [1.82, 2.24) is 0 Å². The second kappa shape index (κ2) is 18.0. The molecule has 0 aromatic rings. The van der Waals surface area contributed by atoms with E-state index in [1.807, 2.05) is 34.6 Å². The lowest BCUT2D eigenvalue weighted by molar-refractivity contribution is 0.364. The summed E-state index contributed by atoms with van der Waals surface area (Å²) in [6.07, 6.45) is 3.87. The van der Waals surface area contributed by atoms with E-state index in [0.29, 0.717) is 12.2 Å². The zero-order valence-electron chi connectivity index (χ0n) is 15.9. The molecule has 0 saturated heterocycles. The summed E-state index contributed by atoms with van der Waals surface area (Å²) in [7, 11) is 0. The molecular weight excluding hydrogens is 244 g/mol. The maximum atomic E-state index is 9.83. The van der Waals surface area contributed by atoms with Crippen molar-refractivity contribution in [3.8, 4) is 0 Å². The standard InChI is InChI=1S/C13H24O.2C2H6.C2H4/c1-7-10(3)9-11(12(14)8-2)13(4,5)6;3*1-2/h9,14H,7-8H2,1-6H3;2*1-2H3;1-2H2/b10-9+,12-11-;;;. The molecule has 0 radical (unpaired) electrons. The van der Waals surface area contributed by atoms with Crippen LogP contribution in [0.2, 0.25) is 0 Å². The first-order valence-corrected chi connectivity index (χ1v) is 7.92. The van der Waals surface area contributed by atoms with Gasteiger partial charge >= 0.3 is 0 Å². The van der Waals surface area contributed by atoms with Gasteiger partial charge in [-0.25, -0.2) is 0 Å². The molecule has 20 heavy (non-hydrogen) atoms. The predicted octanol–water partition coefficient (Wildman–Crippen LogP) is 7.47. The van der Waals surface area contributed by atoms with Gasteiger partial charge in [0, 0.05) is 6.42 Å². The topological polar surface area (TPSA) is 20.2 Å². The van der Waals surface area contributed by atoms with E-state index < -0.39 is 0 Å². The van der Waals surface area contributed by atoms with Gasteiger partial charge in [0.1, 0.15) is 0 Å². The summed E-state index contributed by atoms with van der Waals surface area (Å²) >= 11 is 0. The van der Waals surface area contributed by atoms with E-state index in [1.54, 1.807) is 0 Å². The van der Waals surface area contributed by atoms with Gasteiger partial charge in [-0.05, 0) is 24.3 Å². The molecule has 0 aromatic heterocycles. The molecule has 0 aliphatic rings. The molecule has 0 bridgehead atoms. The van der Waals surface area contributed by atoms with Crippen LogP contribution in [-0.2, 0) is 0 Å². The molecule has 0 heterocycles. The van der Waals surface area contributed by atoms with Gasteiger partial charge < -0.3 is 5.11 Å². The first-order chi connectivity index (χ1) is 9.32. The minimum absolute atomic E-state index is 0.0243. The van der Waals surface area contributed by atoms with Crippen LogP contribution >= 0.6 is 0 Å². The summed E-state index contributed by atoms with van der Waals surface area (Å²) in [4.78, 5) is 0. The molecule has 1 N–H and O–H groups in total. The molecular formula is C19H40O. The lowest BCUT2D eigenvalue weighted by Gasteiger charge is -2.22. The van der Waals surface area contributed by atoms with Crippen LogP contribution in [0.15, 0.2) is 36.1 Å². The number of hydrogen-bond acceptors (Lipinski definition) is 1. The molecule has 1 nitrogen and oxygen atoms in total. The molecule has 0 aromatic carbocycles. The summed E-state index contributed by atoms with van der Waals surface area (Å²) in [5.74, 6) is 0.519. The predicted molar refractivity (Wildman–Crippen MR) is 97.4 cm³/mol. The Morgan fingerprint density at radius 3 is 1.50 bits per heavy atom. The lowest BCUT2D eigenvalue weighted by atomic mass is 9.84. The third-order valence-corrected chi connectivity index (χ3v) is 2.40. The van der Waals surface area contributed by atoms with Crippen LogP contribution in [0.4, 0.5) is 0 Å². The van der Waals surface area contributed by atoms with E-state index >= 15 is 0 Å². The van der Waals surface area contributed by atoms with Crippen molar-refractivity contribution in [2.24, 2.45) is 5.41 Å². The Balaban J connectivity index is -0.000000187. The summed E-state index contributed by atoms with van der Waals surface area (Å²) in [5.41, 5.74) is 2.41. The fraction of sp³-hybridized carbons (Fsp3) is 0.684. The maximum absolute atomic E-state index is 9.83. The van der Waals surface area contributed by atoms with Gasteiger partial charge in [0.2, 0.25) is 0 Å². The molecule has 0 atom stereocenters. The zero-order valence-corrected chi connectivity index (χ0v) is 15.9. The molecule has 0 aliphatic carbocycles. The Morgan fingerprint density at radius 1 is 0.950 bits per heavy atom. The number of hydrogen-bond donors (Lipinski definition) is 1. The number of aliphatic hydroxyl groups is 1. The summed E-state index contributed by atoms with van der Waals surface area (Å²) in [6, 6.07) is 0. The first-order valence-electron chi connectivity index (χ1n) is 7.92. The summed E-state index contributed by atoms with van der Waals surface area (Å²) in [5, 5.41) is 9.83. The molecule has 0 rings (SSSR count). The number of aliphatic hydroxyl groups excluding tert-OH is 1. The van der Waals surface area contributed by atoms with Crippen molar-refractivity contribution in [3.63, 3.8) is 0 Å². The van der Waals surface area contributed by atoms with Crippen molar-refractivity contribution in [2.75, 3.05) is 0 Å². The summed E-state index contributed by atoms with van der Waals surface area (Å²) < 4.78 is 0. The van der Waals surface area contributed by atoms with Crippen LogP contribution in [-0.4, -0.2) is 5.11 Å². The zero-order chi connectivity index (χ0) is 17.4. The number of allylic oxidation sites excluding steroid dienone is 4. The van der Waals surface area contributed by atoms with Crippen LogP contribution in [0.25, 0.3) is 0 Å². The molecule has 0 spiro atoms. The van der Waals surface area contributed by atoms with E-state index in [1.165, 1.54) is 5.57 Å². The highest BCUT2D eigenvalue weighted by molar-refractivity contribution is 5.30. The average Bonchev–Trinajstić information content (AvgIpc) is 2.48. The van der Waals surface area contributed by atoms with Gasteiger partial charge in [-0.15, -0.1) is 13.2 Å². The van der Waals surface area contributed by atoms with Crippen LogP contribution in [0.3, 0.4) is 0 Å². The fourth-order valence-corrected chi connectivity index (χ4v) is 1.27. The summed E-state index contributed by atoms with van der Waals surface area (Å²) in [6.45, 7) is 26.6. The van der Waals surface area contributed by atoms with Crippen molar-refractivity contribution in [2.45, 2.75) is 82.1 Å². The smallest absolute Gasteiger partial charge is 0.0957 e. The Morgan fingerprint density at radius 2 is 1.30 bits per heavy atom. The van der Waals surface area contributed by atoms with Crippen molar-refractivity contribution in [3.05, 3.63) is 36.1 Å². The monoisotopic (exact) mass is 284 g/mol. The average molecular weight is 285 g/mol. The van der Waals surface area contributed by atoms with Crippen LogP contribution < -0.4 is 0 Å². The van der Waals surface area contributed by atoms with Crippen molar-refractivity contribution in [1.29, 1.82) is 0 Å². The molecule has 122 valence electrons. The van der Waals surface area contributed by atoms with E-state index in [4.69, 9.17) is 0 Å². The molecule has 0 unspecified atom stereocenters. The maximum Gasteiger partial charge on any atom is 0.0957 e. The second-order valence-corrected chi connectivity index (χ2v) is 4.81. The SMILES string of the molecule is C=C.CC.CC.CC/C(O)=C(\C=C(/C)CC)C(C)(C)C. The highest BCUT2D eigenvalue weighted by Gasteiger charge is 2.18.